The standard InChI is InChI=1S/C12H18.C8H18.2C5H10.C4H6.C3H8.6C2H6/c1-6-8-9-11(4)12(5)10(3)7-2;1-5-7-8(3,4)6-2;2*1-4-5(2)3;1-3-4-2;1-3-2;6*1-2/h6-9H,5H2,1-4H3;5-7H2,1-4H3;2*2,4H2,1,3H3;3-4H,1-2H2;3H2,1-2H3;6*1-2H3/b8-6-,10-7+,11-9+;;;;;;;;;;;. The molecular formula is C49H106. The third-order valence-electron chi connectivity index (χ3n) is 5.18. The molecule has 302 valence electrons. The first-order valence-electron chi connectivity index (χ1n) is 20.3. The van der Waals surface area contributed by atoms with E-state index in [1.165, 1.54) is 48.0 Å². The van der Waals surface area contributed by atoms with Gasteiger partial charge in [-0.2, -0.15) is 0 Å². The predicted octanol–water partition coefficient (Wildman–Crippen LogP) is 20.1. The fourth-order valence-electron chi connectivity index (χ4n) is 1.68. The van der Waals surface area contributed by atoms with Gasteiger partial charge in [0.2, 0.25) is 0 Å². The van der Waals surface area contributed by atoms with Crippen molar-refractivity contribution in [1.82, 2.24) is 0 Å². The summed E-state index contributed by atoms with van der Waals surface area (Å²) in [5, 5.41) is 0. The van der Waals surface area contributed by atoms with E-state index in [1.54, 1.807) is 12.2 Å². The molecule has 0 radical (unpaired) electrons. The van der Waals surface area contributed by atoms with Crippen molar-refractivity contribution in [3.63, 3.8) is 0 Å². The molecule has 0 heterocycles. The monoisotopic (exact) mass is 695 g/mol. The molecule has 0 saturated heterocycles. The minimum atomic E-state index is 0.592. The second kappa shape index (κ2) is 96.9. The molecule has 0 aromatic heterocycles. The minimum Gasteiger partial charge on any atom is -0.100 e. The highest BCUT2D eigenvalue weighted by molar-refractivity contribution is 5.43. The summed E-state index contributed by atoms with van der Waals surface area (Å²) >= 11 is 0. The van der Waals surface area contributed by atoms with Gasteiger partial charge in [-0.3, -0.25) is 0 Å². The average molecular weight is 695 g/mol. The lowest BCUT2D eigenvalue weighted by Crippen LogP contribution is -2.07. The van der Waals surface area contributed by atoms with Gasteiger partial charge in [0, 0.05) is 0 Å². The molecule has 0 amide bonds. The molecule has 0 aromatic rings. The summed E-state index contributed by atoms with van der Waals surface area (Å²) < 4.78 is 0. The fraction of sp³-hybridized carbons (Fsp3) is 0.673. The lowest BCUT2D eigenvalue weighted by molar-refractivity contribution is 0.319. The van der Waals surface area contributed by atoms with Crippen LogP contribution in [-0.4, -0.2) is 0 Å². The molecule has 0 saturated carbocycles. The summed E-state index contributed by atoms with van der Waals surface area (Å²) in [6.07, 6.45) is 18.9. The summed E-state index contributed by atoms with van der Waals surface area (Å²) in [5.74, 6) is 0. The molecule has 0 spiro atoms. The van der Waals surface area contributed by atoms with E-state index in [0.29, 0.717) is 5.41 Å². The van der Waals surface area contributed by atoms with Gasteiger partial charge >= 0.3 is 0 Å². The highest BCUT2D eigenvalue weighted by Gasteiger charge is 2.11. The van der Waals surface area contributed by atoms with Crippen LogP contribution in [0.15, 0.2) is 97.2 Å². The molecular weight excluding hydrogens is 589 g/mol. The summed E-state index contributed by atoms with van der Waals surface area (Å²) in [7, 11) is 0. The zero-order chi connectivity index (χ0) is 42.9. The van der Waals surface area contributed by atoms with Gasteiger partial charge in [-0.15, -0.1) is 13.2 Å². The fourth-order valence-corrected chi connectivity index (χ4v) is 1.68. The zero-order valence-electron chi connectivity index (χ0n) is 40.2. The predicted molar refractivity (Wildman–Crippen MR) is 251 cm³/mol. The van der Waals surface area contributed by atoms with Gasteiger partial charge in [0.05, 0.1) is 0 Å². The maximum Gasteiger partial charge on any atom is -0.0273 e. The van der Waals surface area contributed by atoms with Crippen molar-refractivity contribution < 1.29 is 0 Å². The van der Waals surface area contributed by atoms with Crippen LogP contribution in [0.4, 0.5) is 0 Å². The Morgan fingerprint density at radius 2 is 0.816 bits per heavy atom. The van der Waals surface area contributed by atoms with Crippen LogP contribution >= 0.6 is 0 Å². The zero-order valence-corrected chi connectivity index (χ0v) is 40.2. The molecule has 0 fully saturated rings. The molecule has 0 heteroatoms. The van der Waals surface area contributed by atoms with Gasteiger partial charge in [-0.1, -0.05) is 225 Å². The number of rotatable bonds is 9. The first kappa shape index (κ1) is 81.1. The van der Waals surface area contributed by atoms with E-state index >= 15 is 0 Å². The molecule has 0 bridgehead atoms. The highest BCUT2D eigenvalue weighted by Crippen LogP contribution is 2.25. The topological polar surface area (TPSA) is 0 Å². The third kappa shape index (κ3) is 155. The lowest BCUT2D eigenvalue weighted by atomic mass is 9.86. The van der Waals surface area contributed by atoms with E-state index in [0.717, 1.165) is 18.4 Å². The average Bonchev–Trinajstić information content (AvgIpc) is 3.15. The molecule has 0 rings (SSSR count). The van der Waals surface area contributed by atoms with E-state index in [2.05, 4.69) is 114 Å². The van der Waals surface area contributed by atoms with Crippen LogP contribution in [-0.2, 0) is 0 Å². The van der Waals surface area contributed by atoms with Gasteiger partial charge in [-0.05, 0) is 82.9 Å². The molecule has 49 heavy (non-hydrogen) atoms. The molecule has 0 aromatic carbocycles. The molecule has 0 atom stereocenters. The smallest absolute Gasteiger partial charge is 0.0273 e. The first-order valence-corrected chi connectivity index (χ1v) is 20.3. The Morgan fingerprint density at radius 3 is 0.939 bits per heavy atom. The molecule has 0 aliphatic carbocycles. The van der Waals surface area contributed by atoms with Crippen molar-refractivity contribution in [3.05, 3.63) is 97.2 Å². The van der Waals surface area contributed by atoms with Crippen LogP contribution in [0.1, 0.15) is 219 Å². The Bertz CT molecular complexity index is 609. The van der Waals surface area contributed by atoms with Crippen molar-refractivity contribution in [2.24, 2.45) is 5.41 Å². The molecule has 0 aliphatic rings. The Labute approximate surface area is 320 Å². The van der Waals surface area contributed by atoms with Gasteiger partial charge in [0.25, 0.3) is 0 Å². The number of hydrogen-bond acceptors (Lipinski definition) is 0. The van der Waals surface area contributed by atoms with Crippen LogP contribution < -0.4 is 0 Å². The van der Waals surface area contributed by atoms with E-state index < -0.39 is 0 Å². The maximum absolute atomic E-state index is 4.01. The molecule has 0 nitrogen and oxygen atoms in total. The van der Waals surface area contributed by atoms with Crippen molar-refractivity contribution >= 4 is 0 Å². The Morgan fingerprint density at radius 1 is 0.551 bits per heavy atom. The van der Waals surface area contributed by atoms with Crippen LogP contribution in [0.5, 0.6) is 0 Å². The van der Waals surface area contributed by atoms with Crippen molar-refractivity contribution in [2.45, 2.75) is 219 Å². The normalized spacial score (nSPS) is 8.45. The van der Waals surface area contributed by atoms with E-state index in [9.17, 15) is 0 Å². The largest absolute Gasteiger partial charge is 0.100 e. The van der Waals surface area contributed by atoms with Gasteiger partial charge in [0.15, 0.2) is 0 Å². The Hall–Kier alpha value is -2.08. The second-order valence-corrected chi connectivity index (χ2v) is 9.89. The summed E-state index contributed by atoms with van der Waals surface area (Å²) in [4.78, 5) is 0. The first-order chi connectivity index (χ1) is 23.1. The van der Waals surface area contributed by atoms with E-state index in [4.69, 9.17) is 0 Å². The van der Waals surface area contributed by atoms with Crippen molar-refractivity contribution in [2.75, 3.05) is 0 Å². The molecule has 0 unspecified atom stereocenters. The van der Waals surface area contributed by atoms with E-state index in [1.807, 2.05) is 123 Å². The maximum atomic E-state index is 4.01. The summed E-state index contributed by atoms with van der Waals surface area (Å²) in [5.41, 5.74) is 6.69. The lowest BCUT2D eigenvalue weighted by Gasteiger charge is -2.20. The van der Waals surface area contributed by atoms with Crippen molar-refractivity contribution in [3.8, 4) is 0 Å². The summed E-state index contributed by atoms with van der Waals surface area (Å²) in [6.45, 7) is 71.9. The minimum absolute atomic E-state index is 0.592. The van der Waals surface area contributed by atoms with Gasteiger partial charge in [-0.25, -0.2) is 0 Å². The highest BCUT2D eigenvalue weighted by atomic mass is 14.2. The quantitative estimate of drug-likeness (QED) is 0.166. The second-order valence-electron chi connectivity index (χ2n) is 9.89. The van der Waals surface area contributed by atoms with Gasteiger partial charge in [0.1, 0.15) is 0 Å². The third-order valence-corrected chi connectivity index (χ3v) is 5.18. The number of hydrogen-bond donors (Lipinski definition) is 0. The SMILES string of the molecule is C=C(/C(C)=C/C)/C(C)=C/C=C\C.C=C(C)CC.C=C(C)CC.C=CC=C.CC.CC.CC.CC.CC.CC.CCC.CCCC(C)(C)CC. The molecule has 0 aliphatic heterocycles. The van der Waals surface area contributed by atoms with Crippen LogP contribution in [0.3, 0.4) is 0 Å². The van der Waals surface area contributed by atoms with Crippen LogP contribution in [0.25, 0.3) is 0 Å². The van der Waals surface area contributed by atoms with Crippen LogP contribution in [0.2, 0.25) is 0 Å². The Kier molecular flexibility index (Phi) is 160. The van der Waals surface area contributed by atoms with Gasteiger partial charge < -0.3 is 0 Å². The number of allylic oxidation sites excluding steroid dienone is 11. The molecule has 0 N–H and O–H groups in total. The van der Waals surface area contributed by atoms with Crippen molar-refractivity contribution in [1.29, 1.82) is 0 Å². The van der Waals surface area contributed by atoms with E-state index in [-0.39, 0.29) is 0 Å². The van der Waals surface area contributed by atoms with Crippen LogP contribution in [0, 0.1) is 5.41 Å². The summed E-state index contributed by atoms with van der Waals surface area (Å²) in [6, 6.07) is 0. The Balaban J connectivity index is -0.0000000328.